The van der Waals surface area contributed by atoms with Crippen LogP contribution in [-0.2, 0) is 16.6 Å². The van der Waals surface area contributed by atoms with E-state index in [0.29, 0.717) is 12.2 Å². The van der Waals surface area contributed by atoms with Gasteiger partial charge in [-0.25, -0.2) is 0 Å². The average molecular weight is 300 g/mol. The number of nitrogens with two attached hydrogens (primary N) is 1. The second-order valence-electron chi connectivity index (χ2n) is 6.94. The van der Waals surface area contributed by atoms with Crippen LogP contribution in [0.1, 0.15) is 17.5 Å². The molecule has 1 saturated heterocycles. The Morgan fingerprint density at radius 1 is 1.36 bits per heavy atom. The summed E-state index contributed by atoms with van der Waals surface area (Å²) in [5, 5.41) is 24.0. The number of quaternary nitrogens is 1. The van der Waals surface area contributed by atoms with Crippen molar-refractivity contribution in [1.29, 1.82) is 0 Å². The number of phenolic OH excluding ortho intramolecular Hbond substituents is 1. The summed E-state index contributed by atoms with van der Waals surface area (Å²) in [6.45, 7) is 1.67. The molecule has 4 aliphatic rings. The molecule has 0 aromatic heterocycles. The van der Waals surface area contributed by atoms with Gasteiger partial charge in [-0.2, -0.15) is 0 Å². The summed E-state index contributed by atoms with van der Waals surface area (Å²) >= 11 is 0. The van der Waals surface area contributed by atoms with Crippen molar-refractivity contribution in [2.45, 2.75) is 30.0 Å². The SMILES string of the molecule is O=C1C=C[C@@]2(O)[C@@H]3C[NH2+]CC[C@@]24c2c(ccc(O)c2OC14)C3. The molecule has 2 aliphatic heterocycles. The van der Waals surface area contributed by atoms with Crippen LogP contribution in [0, 0.1) is 5.92 Å². The maximum absolute atomic E-state index is 12.5. The van der Waals surface area contributed by atoms with Crippen molar-refractivity contribution in [1.82, 2.24) is 0 Å². The number of ether oxygens (including phenoxy) is 1. The van der Waals surface area contributed by atoms with Crippen LogP contribution in [-0.4, -0.2) is 40.8 Å². The maximum atomic E-state index is 12.5. The van der Waals surface area contributed by atoms with Crippen molar-refractivity contribution in [2.24, 2.45) is 5.92 Å². The number of hydrogen-bond acceptors (Lipinski definition) is 4. The maximum Gasteiger partial charge on any atom is 0.196 e. The van der Waals surface area contributed by atoms with Crippen molar-refractivity contribution in [2.75, 3.05) is 13.1 Å². The molecular formula is C17H18NO4+. The second-order valence-corrected chi connectivity index (χ2v) is 6.94. The number of carbonyl (C=O) groups is 1. The third kappa shape index (κ3) is 1.15. The van der Waals surface area contributed by atoms with Crippen LogP contribution in [0.15, 0.2) is 24.3 Å². The molecule has 0 radical (unpaired) electrons. The van der Waals surface area contributed by atoms with Crippen LogP contribution in [0.25, 0.3) is 0 Å². The van der Waals surface area contributed by atoms with E-state index in [2.05, 4.69) is 5.32 Å². The van der Waals surface area contributed by atoms with Crippen LogP contribution in [0.4, 0.5) is 0 Å². The average Bonchev–Trinajstić information content (AvgIpc) is 2.83. The molecule has 114 valence electrons. The summed E-state index contributed by atoms with van der Waals surface area (Å²) < 4.78 is 5.92. The third-order valence-electron chi connectivity index (χ3n) is 6.11. The molecule has 22 heavy (non-hydrogen) atoms. The van der Waals surface area contributed by atoms with Gasteiger partial charge < -0.3 is 20.3 Å². The van der Waals surface area contributed by atoms with Crippen molar-refractivity contribution in [3.05, 3.63) is 35.4 Å². The van der Waals surface area contributed by atoms with E-state index in [-0.39, 0.29) is 17.5 Å². The number of phenols is 1. The number of ketones is 1. The van der Waals surface area contributed by atoms with Crippen LogP contribution in [0.3, 0.4) is 0 Å². The minimum Gasteiger partial charge on any atom is -0.504 e. The van der Waals surface area contributed by atoms with Crippen molar-refractivity contribution in [3.63, 3.8) is 0 Å². The summed E-state index contributed by atoms with van der Waals surface area (Å²) in [5.41, 5.74) is 0.135. The topological polar surface area (TPSA) is 83.4 Å². The number of rotatable bonds is 0. The van der Waals surface area contributed by atoms with Gasteiger partial charge in [0.05, 0.1) is 18.5 Å². The monoisotopic (exact) mass is 300 g/mol. The van der Waals surface area contributed by atoms with Gasteiger partial charge in [0.15, 0.2) is 23.4 Å². The lowest BCUT2D eigenvalue weighted by atomic mass is 9.51. The van der Waals surface area contributed by atoms with E-state index in [1.807, 2.05) is 6.07 Å². The molecule has 4 atom stereocenters. The molecular weight excluding hydrogens is 282 g/mol. The van der Waals surface area contributed by atoms with Crippen molar-refractivity contribution in [3.8, 4) is 11.5 Å². The molecule has 2 aliphatic carbocycles. The molecule has 1 aromatic rings. The minimum absolute atomic E-state index is 0.0495. The fourth-order valence-electron chi connectivity index (χ4n) is 5.19. The molecule has 5 heteroatoms. The van der Waals surface area contributed by atoms with E-state index in [9.17, 15) is 15.0 Å². The molecule has 0 saturated carbocycles. The van der Waals surface area contributed by atoms with Gasteiger partial charge in [-0.3, -0.25) is 4.79 Å². The predicted octanol–water partition coefficient (Wildman–Crippen LogP) is -0.600. The van der Waals surface area contributed by atoms with Crippen molar-refractivity contribution >= 4 is 5.78 Å². The Balaban J connectivity index is 1.92. The lowest BCUT2D eigenvalue weighted by Crippen LogP contribution is -2.85. The zero-order valence-electron chi connectivity index (χ0n) is 12.1. The summed E-state index contributed by atoms with van der Waals surface area (Å²) in [5.74, 6) is 0.393. The van der Waals surface area contributed by atoms with Crippen LogP contribution < -0.4 is 10.1 Å². The first-order valence-electron chi connectivity index (χ1n) is 7.87. The normalized spacial score (nSPS) is 40.9. The Hall–Kier alpha value is -1.85. The Bertz CT molecular complexity index is 742. The fraction of sp³-hybridized carbons (Fsp3) is 0.471. The van der Waals surface area contributed by atoms with E-state index >= 15 is 0 Å². The number of hydrogen-bond donors (Lipinski definition) is 3. The summed E-state index contributed by atoms with van der Waals surface area (Å²) in [4.78, 5) is 12.5. The standard InChI is InChI=1S/C17H17NO4/c19-11-2-1-9-7-10-8-18-6-5-16-13(9)14(11)22-15(16)12(20)3-4-17(10,16)21/h1-4,10,15,18-19,21H,5-8H2/p+1/t10-,15?,16-,17+/m0/s1. The molecule has 2 bridgehead atoms. The first-order chi connectivity index (χ1) is 10.6. The van der Waals surface area contributed by atoms with E-state index in [0.717, 1.165) is 30.6 Å². The Labute approximate surface area is 127 Å². The van der Waals surface area contributed by atoms with Crippen LogP contribution in [0.5, 0.6) is 11.5 Å². The zero-order chi connectivity index (χ0) is 15.1. The molecule has 1 fully saturated rings. The van der Waals surface area contributed by atoms with Gasteiger partial charge in [-0.1, -0.05) is 6.07 Å². The van der Waals surface area contributed by atoms with Gasteiger partial charge in [-0.15, -0.1) is 0 Å². The molecule has 4 N–H and O–H groups in total. The lowest BCUT2D eigenvalue weighted by molar-refractivity contribution is -0.659. The number of aromatic hydroxyl groups is 1. The van der Waals surface area contributed by atoms with E-state index in [1.54, 1.807) is 12.1 Å². The van der Waals surface area contributed by atoms with Gasteiger partial charge in [-0.05, 0) is 30.2 Å². The first-order valence-corrected chi connectivity index (χ1v) is 7.87. The highest BCUT2D eigenvalue weighted by Gasteiger charge is 2.70. The smallest absolute Gasteiger partial charge is 0.196 e. The van der Waals surface area contributed by atoms with Crippen LogP contribution >= 0.6 is 0 Å². The second kappa shape index (κ2) is 3.73. The first kappa shape index (κ1) is 12.7. The molecule has 1 spiro atoms. The molecule has 1 unspecified atom stereocenters. The lowest BCUT2D eigenvalue weighted by Gasteiger charge is -2.52. The Kier molecular flexibility index (Phi) is 2.15. The van der Waals surface area contributed by atoms with E-state index in [1.165, 1.54) is 6.08 Å². The Morgan fingerprint density at radius 3 is 3.09 bits per heavy atom. The van der Waals surface area contributed by atoms with Gasteiger partial charge in [0.25, 0.3) is 0 Å². The fourth-order valence-corrected chi connectivity index (χ4v) is 5.19. The largest absolute Gasteiger partial charge is 0.504 e. The minimum atomic E-state index is -1.08. The third-order valence-corrected chi connectivity index (χ3v) is 6.11. The van der Waals surface area contributed by atoms with E-state index < -0.39 is 17.1 Å². The summed E-state index contributed by atoms with van der Waals surface area (Å²) in [7, 11) is 0. The van der Waals surface area contributed by atoms with Crippen LogP contribution in [0.2, 0.25) is 0 Å². The molecule has 5 nitrogen and oxygen atoms in total. The number of aliphatic hydroxyl groups is 1. The van der Waals surface area contributed by atoms with Gasteiger partial charge in [0.2, 0.25) is 0 Å². The number of carbonyl (C=O) groups excluding carboxylic acids is 1. The van der Waals surface area contributed by atoms with Gasteiger partial charge in [0.1, 0.15) is 5.60 Å². The van der Waals surface area contributed by atoms with Gasteiger partial charge in [0, 0.05) is 17.9 Å². The van der Waals surface area contributed by atoms with Crippen molar-refractivity contribution < 1.29 is 25.1 Å². The zero-order valence-corrected chi connectivity index (χ0v) is 12.1. The predicted molar refractivity (Wildman–Crippen MR) is 76.8 cm³/mol. The van der Waals surface area contributed by atoms with Gasteiger partial charge >= 0.3 is 0 Å². The quantitative estimate of drug-likeness (QED) is 0.597. The highest BCUT2D eigenvalue weighted by atomic mass is 16.5. The Morgan fingerprint density at radius 2 is 2.23 bits per heavy atom. The summed E-state index contributed by atoms with van der Waals surface area (Å²) in [6, 6.07) is 3.56. The molecule has 5 rings (SSSR count). The summed E-state index contributed by atoms with van der Waals surface area (Å²) in [6.07, 6.45) is 3.85. The highest BCUT2D eigenvalue weighted by Crippen LogP contribution is 2.62. The van der Waals surface area contributed by atoms with E-state index in [4.69, 9.17) is 4.74 Å². The number of benzene rings is 1. The molecule has 0 amide bonds. The molecule has 1 aromatic carbocycles. The highest BCUT2D eigenvalue weighted by molar-refractivity contribution is 5.98. The molecule has 2 heterocycles.